The highest BCUT2D eigenvalue weighted by Crippen LogP contribution is 2.09. The van der Waals surface area contributed by atoms with E-state index in [2.05, 4.69) is 5.32 Å². The van der Waals surface area contributed by atoms with E-state index in [9.17, 15) is 9.59 Å². The van der Waals surface area contributed by atoms with E-state index < -0.39 is 6.04 Å². The van der Waals surface area contributed by atoms with Gasteiger partial charge < -0.3 is 21.5 Å². The topological polar surface area (TPSA) is 111 Å². The molecule has 1 saturated heterocycles. The highest BCUT2D eigenvalue weighted by molar-refractivity contribution is 5.81. The van der Waals surface area contributed by atoms with Crippen molar-refractivity contribution in [2.45, 2.75) is 24.9 Å². The van der Waals surface area contributed by atoms with Gasteiger partial charge in [-0.3, -0.25) is 14.5 Å². The number of methoxy groups -OCH3 is 1. The van der Waals surface area contributed by atoms with E-state index in [1.165, 1.54) is 7.11 Å². The fourth-order valence-corrected chi connectivity index (χ4v) is 2.02. The summed E-state index contributed by atoms with van der Waals surface area (Å²) in [7, 11) is 1.51. The van der Waals surface area contributed by atoms with Gasteiger partial charge in [0.1, 0.15) is 6.04 Å². The lowest BCUT2D eigenvalue weighted by molar-refractivity contribution is -0.125. The highest BCUT2D eigenvalue weighted by Gasteiger charge is 2.23. The molecule has 0 aromatic carbocycles. The van der Waals surface area contributed by atoms with Crippen molar-refractivity contribution in [3.8, 4) is 0 Å². The molecule has 0 radical (unpaired) electrons. The van der Waals surface area contributed by atoms with E-state index in [0.29, 0.717) is 0 Å². The molecule has 0 bridgehead atoms. The van der Waals surface area contributed by atoms with Gasteiger partial charge >= 0.3 is 0 Å². The molecule has 1 unspecified atom stereocenters. The van der Waals surface area contributed by atoms with Crippen LogP contribution in [0.4, 0.5) is 0 Å². The number of amides is 2. The summed E-state index contributed by atoms with van der Waals surface area (Å²) < 4.78 is 4.83. The molecule has 0 saturated carbocycles. The van der Waals surface area contributed by atoms with Crippen LogP contribution in [-0.2, 0) is 14.3 Å². The highest BCUT2D eigenvalue weighted by atomic mass is 16.5. The number of likely N-dealkylation sites (tertiary alicyclic amines) is 1. The van der Waals surface area contributed by atoms with Gasteiger partial charge in [-0.25, -0.2) is 0 Å². The van der Waals surface area contributed by atoms with Gasteiger partial charge in [0.05, 0.1) is 13.2 Å². The average Bonchev–Trinajstić information content (AvgIpc) is 2.31. The molecule has 1 atom stereocenters. The van der Waals surface area contributed by atoms with Gasteiger partial charge in [-0.05, 0) is 12.8 Å². The summed E-state index contributed by atoms with van der Waals surface area (Å²) in [5.74, 6) is -0.509. The summed E-state index contributed by atoms with van der Waals surface area (Å²) in [5.41, 5.74) is 10.8. The maximum atomic E-state index is 11.7. The quantitative estimate of drug-likeness (QED) is 0.511. The molecule has 0 spiro atoms. The Morgan fingerprint density at radius 2 is 2.06 bits per heavy atom. The Bertz CT molecular complexity index is 290. The Hall–Kier alpha value is -1.18. The van der Waals surface area contributed by atoms with Crippen LogP contribution in [0, 0.1) is 0 Å². The monoisotopic (exact) mass is 258 g/mol. The summed E-state index contributed by atoms with van der Waals surface area (Å²) in [6, 6.07) is -0.511. The van der Waals surface area contributed by atoms with Gasteiger partial charge in [-0.1, -0.05) is 0 Å². The molecule has 2 amide bonds. The lowest BCUT2D eigenvalue weighted by Crippen LogP contribution is -2.51. The number of piperidine rings is 1. The number of nitrogens with zero attached hydrogens (tertiary/aromatic N) is 1. The molecule has 1 heterocycles. The molecular formula is C11H22N4O3. The molecule has 5 N–H and O–H groups in total. The minimum absolute atomic E-state index is 0.115. The second-order valence-corrected chi connectivity index (χ2v) is 4.59. The maximum absolute atomic E-state index is 11.7. The molecule has 7 heteroatoms. The number of rotatable bonds is 6. The first kappa shape index (κ1) is 14.9. The first-order valence-electron chi connectivity index (χ1n) is 6.08. The Kier molecular flexibility index (Phi) is 6.03. The van der Waals surface area contributed by atoms with Crippen molar-refractivity contribution in [2.24, 2.45) is 11.5 Å². The summed E-state index contributed by atoms with van der Waals surface area (Å²) in [4.78, 5) is 24.4. The van der Waals surface area contributed by atoms with E-state index in [4.69, 9.17) is 16.2 Å². The number of hydrogen-bond acceptors (Lipinski definition) is 5. The van der Waals surface area contributed by atoms with Crippen LogP contribution in [0.25, 0.3) is 0 Å². The molecule has 1 aliphatic rings. The molecule has 1 aliphatic heterocycles. The van der Waals surface area contributed by atoms with Gasteiger partial charge in [0.15, 0.2) is 0 Å². The van der Waals surface area contributed by atoms with Crippen molar-refractivity contribution < 1.29 is 14.3 Å². The van der Waals surface area contributed by atoms with Crippen LogP contribution in [0.5, 0.6) is 0 Å². The van der Waals surface area contributed by atoms with Gasteiger partial charge in [-0.2, -0.15) is 0 Å². The van der Waals surface area contributed by atoms with E-state index in [1.807, 2.05) is 4.90 Å². The number of hydrogen-bond donors (Lipinski definition) is 3. The largest absolute Gasteiger partial charge is 0.383 e. The van der Waals surface area contributed by atoms with Gasteiger partial charge in [0.2, 0.25) is 11.8 Å². The van der Waals surface area contributed by atoms with Crippen LogP contribution < -0.4 is 16.8 Å². The number of carbonyl (C=O) groups is 2. The van der Waals surface area contributed by atoms with E-state index in [-0.39, 0.29) is 31.0 Å². The molecule has 1 fully saturated rings. The van der Waals surface area contributed by atoms with Crippen molar-refractivity contribution in [3.05, 3.63) is 0 Å². The lowest BCUT2D eigenvalue weighted by Gasteiger charge is -2.31. The number of nitrogens with one attached hydrogen (secondary N) is 1. The SMILES string of the molecule is COCC(N)C(=O)NC1CCN(CC(N)=O)CC1. The second-order valence-electron chi connectivity index (χ2n) is 4.59. The number of primary amides is 1. The number of nitrogens with two attached hydrogens (primary N) is 2. The summed E-state index contributed by atoms with van der Waals surface area (Å²) in [5, 5.41) is 2.89. The molecule has 18 heavy (non-hydrogen) atoms. The second kappa shape index (κ2) is 7.30. The van der Waals surface area contributed by atoms with Crippen molar-refractivity contribution in [2.75, 3.05) is 33.4 Å². The minimum Gasteiger partial charge on any atom is -0.383 e. The normalized spacial score (nSPS) is 19.4. The maximum Gasteiger partial charge on any atom is 0.239 e. The predicted molar refractivity (Wildman–Crippen MR) is 66.7 cm³/mol. The Labute approximate surface area is 107 Å². The summed E-state index contributed by atoms with van der Waals surface area (Å²) in [6.45, 7) is 2.01. The molecule has 0 aliphatic carbocycles. The van der Waals surface area contributed by atoms with E-state index in [0.717, 1.165) is 25.9 Å². The van der Waals surface area contributed by atoms with E-state index >= 15 is 0 Å². The van der Waals surface area contributed by atoms with Crippen molar-refractivity contribution >= 4 is 11.8 Å². The molecule has 7 nitrogen and oxygen atoms in total. The third-order valence-electron chi connectivity index (χ3n) is 3.00. The van der Waals surface area contributed by atoms with Crippen LogP contribution in [0.3, 0.4) is 0 Å². The van der Waals surface area contributed by atoms with Gasteiger partial charge in [0.25, 0.3) is 0 Å². The fourth-order valence-electron chi connectivity index (χ4n) is 2.02. The molecular weight excluding hydrogens is 236 g/mol. The zero-order valence-electron chi connectivity index (χ0n) is 10.7. The number of ether oxygens (including phenoxy) is 1. The predicted octanol–water partition coefficient (Wildman–Crippen LogP) is -1.97. The number of carbonyl (C=O) groups excluding carboxylic acids is 2. The van der Waals surface area contributed by atoms with Crippen LogP contribution in [-0.4, -0.2) is 62.1 Å². The molecule has 0 aromatic heterocycles. The van der Waals surface area contributed by atoms with Crippen molar-refractivity contribution in [3.63, 3.8) is 0 Å². The molecule has 0 aromatic rings. The first-order chi connectivity index (χ1) is 8.52. The first-order valence-corrected chi connectivity index (χ1v) is 6.08. The zero-order valence-corrected chi connectivity index (χ0v) is 10.7. The van der Waals surface area contributed by atoms with Crippen LogP contribution in [0.15, 0.2) is 0 Å². The fraction of sp³-hybridized carbons (Fsp3) is 0.818. The Balaban J connectivity index is 2.26. The molecule has 104 valence electrons. The third-order valence-corrected chi connectivity index (χ3v) is 3.00. The summed E-state index contributed by atoms with van der Waals surface area (Å²) in [6.07, 6.45) is 1.61. The third kappa shape index (κ3) is 4.99. The van der Waals surface area contributed by atoms with Gasteiger partial charge in [-0.15, -0.1) is 0 Å². The van der Waals surface area contributed by atoms with Crippen LogP contribution in [0.1, 0.15) is 12.8 Å². The Morgan fingerprint density at radius 1 is 1.44 bits per heavy atom. The molecule has 1 rings (SSSR count). The van der Waals surface area contributed by atoms with Crippen molar-refractivity contribution in [1.82, 2.24) is 10.2 Å². The van der Waals surface area contributed by atoms with E-state index in [1.54, 1.807) is 0 Å². The van der Waals surface area contributed by atoms with Crippen molar-refractivity contribution in [1.29, 1.82) is 0 Å². The van der Waals surface area contributed by atoms with Gasteiger partial charge in [0, 0.05) is 26.2 Å². The summed E-state index contributed by atoms with van der Waals surface area (Å²) >= 11 is 0. The standard InChI is InChI=1S/C11H22N4O3/c1-18-7-9(12)11(17)14-8-2-4-15(5-3-8)6-10(13)16/h8-9H,2-7,12H2,1H3,(H2,13,16)(H,14,17). The van der Waals surface area contributed by atoms with Crippen LogP contribution >= 0.6 is 0 Å². The smallest absolute Gasteiger partial charge is 0.239 e. The lowest BCUT2D eigenvalue weighted by atomic mass is 10.0. The Morgan fingerprint density at radius 3 is 2.56 bits per heavy atom. The minimum atomic E-state index is -0.626. The van der Waals surface area contributed by atoms with Crippen LogP contribution in [0.2, 0.25) is 0 Å². The average molecular weight is 258 g/mol. The zero-order chi connectivity index (χ0) is 13.5.